The zero-order chi connectivity index (χ0) is 9.73. The summed E-state index contributed by atoms with van der Waals surface area (Å²) < 4.78 is 12.0. The molecule has 0 aromatic heterocycles. The fraction of sp³-hybridized carbons (Fsp3) is 0.778. The Morgan fingerprint density at radius 2 is 2.46 bits per heavy atom. The van der Waals surface area contributed by atoms with Crippen molar-refractivity contribution < 1.29 is 14.6 Å². The Bertz CT molecular complexity index is 184. The Morgan fingerprint density at radius 3 is 3.00 bits per heavy atom. The quantitative estimate of drug-likeness (QED) is 0.459. The average Bonchev–Trinajstić information content (AvgIpc) is 2.81. The van der Waals surface area contributed by atoms with Crippen molar-refractivity contribution in [3.63, 3.8) is 0 Å². The lowest BCUT2D eigenvalue weighted by atomic mass is 10.1. The van der Waals surface area contributed by atoms with E-state index in [0.29, 0.717) is 19.3 Å². The molecule has 0 radical (unpaired) electrons. The van der Waals surface area contributed by atoms with Crippen LogP contribution in [0.25, 0.3) is 0 Å². The van der Waals surface area contributed by atoms with Gasteiger partial charge in [0, 0.05) is 12.5 Å². The molecule has 1 rings (SSSR count). The van der Waals surface area contributed by atoms with Crippen LogP contribution in [0, 0.1) is 11.3 Å². The zero-order valence-corrected chi connectivity index (χ0v) is 9.86. The van der Waals surface area contributed by atoms with Crippen LogP contribution in [0.3, 0.4) is 0 Å². The Hall–Kier alpha value is 0.350. The molecule has 76 valence electrons. The predicted octanol–water partition coefficient (Wildman–Crippen LogP) is 1.55. The Kier molecular flexibility index (Phi) is 4.64. The van der Waals surface area contributed by atoms with Gasteiger partial charge in [-0.2, -0.15) is 0 Å². The number of aliphatic hydroxyl groups is 1. The number of methoxy groups -OCH3 is 1. The van der Waals surface area contributed by atoms with Crippen LogP contribution in [-0.2, 0) is 9.47 Å². The van der Waals surface area contributed by atoms with Gasteiger partial charge in [-0.25, -0.2) is 0 Å². The highest BCUT2D eigenvalue weighted by atomic mass is 127. The molecule has 1 saturated carbocycles. The van der Waals surface area contributed by atoms with Crippen molar-refractivity contribution in [2.24, 2.45) is 11.3 Å². The van der Waals surface area contributed by atoms with Crippen molar-refractivity contribution in [3.8, 4) is 0 Å². The lowest BCUT2D eigenvalue weighted by Gasteiger charge is -2.12. The normalized spacial score (nSPS) is 32.7. The molecular formula is C9H15IO3. The van der Waals surface area contributed by atoms with E-state index in [-0.39, 0.29) is 12.0 Å². The molecule has 1 fully saturated rings. The minimum absolute atomic E-state index is 0.0276. The van der Waals surface area contributed by atoms with Crippen LogP contribution < -0.4 is 0 Å². The fourth-order valence-corrected chi connectivity index (χ4v) is 1.96. The molecule has 3 nitrogen and oxygen atoms in total. The smallest absolute Gasteiger partial charge is 0.146 e. The lowest BCUT2D eigenvalue weighted by Crippen LogP contribution is -2.18. The summed E-state index contributed by atoms with van der Waals surface area (Å²) >= 11 is 2.19. The molecule has 1 aliphatic carbocycles. The monoisotopic (exact) mass is 298 g/mol. The average molecular weight is 298 g/mol. The van der Waals surface area contributed by atoms with Crippen molar-refractivity contribution in [2.75, 3.05) is 27.1 Å². The fourth-order valence-electron chi connectivity index (χ4n) is 1.46. The van der Waals surface area contributed by atoms with Crippen molar-refractivity contribution in [1.82, 2.24) is 0 Å². The van der Waals surface area contributed by atoms with Gasteiger partial charge in [0.25, 0.3) is 0 Å². The van der Waals surface area contributed by atoms with E-state index in [2.05, 4.69) is 28.7 Å². The zero-order valence-electron chi connectivity index (χ0n) is 7.70. The van der Waals surface area contributed by atoms with Gasteiger partial charge >= 0.3 is 0 Å². The lowest BCUT2D eigenvalue weighted by molar-refractivity contribution is -0.0557. The van der Waals surface area contributed by atoms with Crippen LogP contribution in [-0.4, -0.2) is 32.2 Å². The van der Waals surface area contributed by atoms with Gasteiger partial charge in [-0.3, -0.25) is 0 Å². The van der Waals surface area contributed by atoms with Crippen molar-refractivity contribution >= 4 is 22.6 Å². The minimum Gasteiger partial charge on any atom is -0.396 e. The SMILES string of the molecule is COCOCC1(CO)CC1C=CI. The topological polar surface area (TPSA) is 38.7 Å². The van der Waals surface area contributed by atoms with Gasteiger partial charge in [-0.15, -0.1) is 0 Å². The number of hydrogen-bond acceptors (Lipinski definition) is 3. The van der Waals surface area contributed by atoms with Crippen LogP contribution >= 0.6 is 22.6 Å². The predicted molar refractivity (Wildman–Crippen MR) is 58.6 cm³/mol. The minimum atomic E-state index is -0.0276. The molecule has 1 aliphatic rings. The van der Waals surface area contributed by atoms with E-state index in [4.69, 9.17) is 9.47 Å². The Labute approximate surface area is 92.2 Å². The molecule has 13 heavy (non-hydrogen) atoms. The van der Waals surface area contributed by atoms with Gasteiger partial charge in [-0.05, 0) is 16.4 Å². The van der Waals surface area contributed by atoms with Gasteiger partial charge in [-0.1, -0.05) is 28.7 Å². The summed E-state index contributed by atoms with van der Waals surface area (Å²) in [6.45, 7) is 1.09. The van der Waals surface area contributed by atoms with Gasteiger partial charge in [0.05, 0.1) is 13.2 Å². The summed E-state index contributed by atoms with van der Waals surface area (Å²) in [6.07, 6.45) is 3.14. The molecule has 0 aromatic carbocycles. The third-order valence-electron chi connectivity index (χ3n) is 2.46. The second kappa shape index (κ2) is 5.29. The van der Waals surface area contributed by atoms with Crippen LogP contribution in [0.4, 0.5) is 0 Å². The Morgan fingerprint density at radius 1 is 1.69 bits per heavy atom. The van der Waals surface area contributed by atoms with Crippen LogP contribution in [0.5, 0.6) is 0 Å². The third-order valence-corrected chi connectivity index (χ3v) is 2.88. The van der Waals surface area contributed by atoms with E-state index in [1.54, 1.807) is 7.11 Å². The highest BCUT2D eigenvalue weighted by Gasteiger charge is 2.52. The van der Waals surface area contributed by atoms with E-state index < -0.39 is 0 Å². The summed E-state index contributed by atoms with van der Waals surface area (Å²) in [4.78, 5) is 0. The maximum Gasteiger partial charge on any atom is 0.146 e. The molecule has 0 heterocycles. The van der Waals surface area contributed by atoms with Gasteiger partial charge in [0.15, 0.2) is 0 Å². The summed E-state index contributed by atoms with van der Waals surface area (Å²) in [5.41, 5.74) is -0.0276. The third kappa shape index (κ3) is 2.90. The molecule has 0 amide bonds. The molecule has 2 unspecified atom stereocenters. The number of hydrogen-bond donors (Lipinski definition) is 1. The summed E-state index contributed by atoms with van der Waals surface area (Å²) in [7, 11) is 1.60. The van der Waals surface area contributed by atoms with E-state index >= 15 is 0 Å². The highest BCUT2D eigenvalue weighted by molar-refractivity contribution is 14.1. The van der Waals surface area contributed by atoms with E-state index in [0.717, 1.165) is 6.42 Å². The van der Waals surface area contributed by atoms with Crippen molar-refractivity contribution in [2.45, 2.75) is 6.42 Å². The first-order chi connectivity index (χ1) is 6.29. The van der Waals surface area contributed by atoms with Gasteiger partial charge in [0.1, 0.15) is 6.79 Å². The molecule has 0 bridgehead atoms. The first kappa shape index (κ1) is 11.4. The molecule has 2 atom stereocenters. The van der Waals surface area contributed by atoms with Crippen LogP contribution in [0.15, 0.2) is 10.2 Å². The highest BCUT2D eigenvalue weighted by Crippen LogP contribution is 2.53. The number of ether oxygens (including phenoxy) is 2. The van der Waals surface area contributed by atoms with E-state index in [9.17, 15) is 5.11 Å². The molecule has 0 aliphatic heterocycles. The second-order valence-electron chi connectivity index (χ2n) is 3.40. The summed E-state index contributed by atoms with van der Waals surface area (Å²) in [6, 6.07) is 0. The van der Waals surface area contributed by atoms with Crippen molar-refractivity contribution in [1.29, 1.82) is 0 Å². The largest absolute Gasteiger partial charge is 0.396 e. The second-order valence-corrected chi connectivity index (χ2v) is 4.12. The van der Waals surface area contributed by atoms with Crippen LogP contribution in [0.1, 0.15) is 6.42 Å². The molecule has 4 heteroatoms. The van der Waals surface area contributed by atoms with Gasteiger partial charge in [0.2, 0.25) is 0 Å². The molecule has 0 saturated heterocycles. The number of halogens is 1. The first-order valence-electron chi connectivity index (χ1n) is 4.23. The molecule has 0 aromatic rings. The molecule has 0 spiro atoms. The van der Waals surface area contributed by atoms with E-state index in [1.165, 1.54) is 0 Å². The number of allylic oxidation sites excluding steroid dienone is 1. The number of aliphatic hydroxyl groups excluding tert-OH is 1. The summed E-state index contributed by atoms with van der Waals surface area (Å²) in [5.74, 6) is 0.478. The first-order valence-corrected chi connectivity index (χ1v) is 5.48. The molecule has 1 N–H and O–H groups in total. The standard InChI is InChI=1S/C9H15IO3/c1-12-7-13-6-9(5-11)4-8(9)2-3-10/h2-3,8,11H,4-7H2,1H3. The van der Waals surface area contributed by atoms with Gasteiger partial charge < -0.3 is 14.6 Å². The summed E-state index contributed by atoms with van der Waals surface area (Å²) in [5, 5.41) is 9.20. The molecular weight excluding hydrogens is 283 g/mol. The maximum absolute atomic E-state index is 9.20. The Balaban J connectivity index is 2.28. The van der Waals surface area contributed by atoms with Crippen LogP contribution in [0.2, 0.25) is 0 Å². The van der Waals surface area contributed by atoms with E-state index in [1.807, 2.05) is 4.08 Å². The van der Waals surface area contributed by atoms with Crippen molar-refractivity contribution in [3.05, 3.63) is 10.2 Å². The maximum atomic E-state index is 9.20. The number of rotatable bonds is 6.